The van der Waals surface area contributed by atoms with Gasteiger partial charge in [-0.15, -0.1) is 35.3 Å². The topological polar surface area (TPSA) is 39.7 Å². The van der Waals surface area contributed by atoms with Crippen LogP contribution in [0.25, 0.3) is 0 Å². The lowest BCUT2D eigenvalue weighted by Gasteiger charge is -2.27. The first kappa shape index (κ1) is 21.2. The zero-order chi connectivity index (χ0) is 17.5. The molecule has 2 aromatic rings. The summed E-state index contributed by atoms with van der Waals surface area (Å²) in [5.74, 6) is 0.862. The molecule has 0 saturated carbocycles. The van der Waals surface area contributed by atoms with Gasteiger partial charge >= 0.3 is 0 Å². The van der Waals surface area contributed by atoms with Crippen molar-refractivity contribution in [3.8, 4) is 0 Å². The van der Waals surface area contributed by atoms with Crippen LogP contribution in [0.1, 0.15) is 34.9 Å². The van der Waals surface area contributed by atoms with Crippen molar-refractivity contribution < 1.29 is 0 Å². The van der Waals surface area contributed by atoms with E-state index in [-0.39, 0.29) is 24.0 Å². The fourth-order valence-corrected chi connectivity index (χ4v) is 4.11. The van der Waals surface area contributed by atoms with E-state index in [4.69, 9.17) is 0 Å². The monoisotopic (exact) mass is 484 g/mol. The van der Waals surface area contributed by atoms with Gasteiger partial charge in [0.05, 0.1) is 6.04 Å². The van der Waals surface area contributed by atoms with Crippen LogP contribution in [-0.4, -0.2) is 37.5 Å². The lowest BCUT2D eigenvalue weighted by atomic mass is 10.1. The first-order chi connectivity index (χ1) is 12.3. The van der Waals surface area contributed by atoms with Gasteiger partial charge in [0.2, 0.25) is 0 Å². The Balaban J connectivity index is 0.00000243. The summed E-state index contributed by atoms with van der Waals surface area (Å²) in [5.41, 5.74) is 2.55. The standard InChI is InChI=1S/C20H28N4S.HI/c1-16-7-9-17(10-8-16)14-22-20(21-2)23-15-18(19-6-5-13-25-19)24-11-3-4-12-24;/h5-10,13,18H,3-4,11-12,14-15H2,1-2H3,(H2,21,22,23);1H. The summed E-state index contributed by atoms with van der Waals surface area (Å²) >= 11 is 1.85. The Hall–Kier alpha value is -1.12. The SMILES string of the molecule is CN=C(NCc1ccc(C)cc1)NCC(c1cccs1)N1CCCC1.I. The number of nitrogens with zero attached hydrogens (tertiary/aromatic N) is 2. The fraction of sp³-hybridized carbons (Fsp3) is 0.450. The minimum absolute atomic E-state index is 0. The molecule has 0 amide bonds. The van der Waals surface area contributed by atoms with E-state index in [1.165, 1.54) is 41.9 Å². The van der Waals surface area contributed by atoms with E-state index in [0.29, 0.717) is 6.04 Å². The summed E-state index contributed by atoms with van der Waals surface area (Å²) in [6, 6.07) is 13.4. The molecule has 26 heavy (non-hydrogen) atoms. The first-order valence-corrected chi connectivity index (χ1v) is 9.92. The highest BCUT2D eigenvalue weighted by atomic mass is 127. The fourth-order valence-electron chi connectivity index (χ4n) is 3.25. The van der Waals surface area contributed by atoms with Crippen LogP contribution in [0.2, 0.25) is 0 Å². The van der Waals surface area contributed by atoms with Crippen molar-refractivity contribution in [2.75, 3.05) is 26.7 Å². The van der Waals surface area contributed by atoms with Crippen LogP contribution in [0.4, 0.5) is 0 Å². The van der Waals surface area contributed by atoms with Gasteiger partial charge in [0.25, 0.3) is 0 Å². The summed E-state index contributed by atoms with van der Waals surface area (Å²) in [6.07, 6.45) is 2.62. The molecule has 1 atom stereocenters. The van der Waals surface area contributed by atoms with E-state index in [0.717, 1.165) is 19.0 Å². The van der Waals surface area contributed by atoms with Crippen LogP contribution in [0.15, 0.2) is 46.8 Å². The number of nitrogens with one attached hydrogen (secondary N) is 2. The molecule has 3 rings (SSSR count). The number of aryl methyl sites for hydroxylation is 1. The predicted octanol–water partition coefficient (Wildman–Crippen LogP) is 4.18. The highest BCUT2D eigenvalue weighted by molar-refractivity contribution is 14.0. The molecule has 1 aromatic heterocycles. The first-order valence-electron chi connectivity index (χ1n) is 9.04. The second-order valence-corrected chi connectivity index (χ2v) is 7.55. The molecule has 0 radical (unpaired) electrons. The van der Waals surface area contributed by atoms with E-state index in [2.05, 4.69) is 69.2 Å². The lowest BCUT2D eigenvalue weighted by Crippen LogP contribution is -2.42. The van der Waals surface area contributed by atoms with Gasteiger partial charge in [0, 0.05) is 25.0 Å². The van der Waals surface area contributed by atoms with Crippen LogP contribution in [0.3, 0.4) is 0 Å². The van der Waals surface area contributed by atoms with Crippen LogP contribution in [-0.2, 0) is 6.54 Å². The summed E-state index contributed by atoms with van der Waals surface area (Å²) in [5, 5.41) is 9.11. The van der Waals surface area contributed by atoms with E-state index >= 15 is 0 Å². The largest absolute Gasteiger partial charge is 0.354 e. The van der Waals surface area contributed by atoms with Crippen LogP contribution in [0.5, 0.6) is 0 Å². The predicted molar refractivity (Wildman–Crippen MR) is 123 cm³/mol. The Labute approximate surface area is 178 Å². The van der Waals surface area contributed by atoms with Crippen molar-refractivity contribution in [3.63, 3.8) is 0 Å². The molecule has 2 heterocycles. The highest BCUT2D eigenvalue weighted by Gasteiger charge is 2.24. The van der Waals surface area contributed by atoms with Crippen molar-refractivity contribution in [1.82, 2.24) is 15.5 Å². The number of hydrogen-bond acceptors (Lipinski definition) is 3. The minimum Gasteiger partial charge on any atom is -0.354 e. The zero-order valence-electron chi connectivity index (χ0n) is 15.6. The molecule has 1 aromatic carbocycles. The van der Waals surface area contributed by atoms with Gasteiger partial charge in [0.15, 0.2) is 5.96 Å². The van der Waals surface area contributed by atoms with Crippen molar-refractivity contribution >= 4 is 41.3 Å². The van der Waals surface area contributed by atoms with Gasteiger partial charge in [-0.2, -0.15) is 0 Å². The third kappa shape index (κ3) is 5.96. The second-order valence-electron chi connectivity index (χ2n) is 6.57. The summed E-state index contributed by atoms with van der Waals surface area (Å²) in [6.45, 7) is 6.17. The molecule has 6 heteroatoms. The van der Waals surface area contributed by atoms with Crippen molar-refractivity contribution in [3.05, 3.63) is 57.8 Å². The number of likely N-dealkylation sites (tertiary alicyclic amines) is 1. The molecule has 2 N–H and O–H groups in total. The van der Waals surface area contributed by atoms with E-state index in [1.54, 1.807) is 0 Å². The van der Waals surface area contributed by atoms with Crippen LogP contribution in [0, 0.1) is 6.92 Å². The zero-order valence-corrected chi connectivity index (χ0v) is 18.7. The molecule has 0 bridgehead atoms. The average Bonchev–Trinajstić information content (AvgIpc) is 3.33. The molecule has 1 unspecified atom stereocenters. The molecule has 4 nitrogen and oxygen atoms in total. The number of rotatable bonds is 6. The van der Waals surface area contributed by atoms with Gasteiger partial charge in [-0.25, -0.2) is 0 Å². The molecule has 1 aliphatic rings. The Morgan fingerprint density at radius 1 is 1.15 bits per heavy atom. The van der Waals surface area contributed by atoms with E-state index in [1.807, 2.05) is 18.4 Å². The van der Waals surface area contributed by atoms with Crippen LogP contribution >= 0.6 is 35.3 Å². The number of hydrogen-bond donors (Lipinski definition) is 2. The molecule has 142 valence electrons. The van der Waals surface area contributed by atoms with E-state index in [9.17, 15) is 0 Å². The Morgan fingerprint density at radius 2 is 1.88 bits per heavy atom. The third-order valence-corrected chi connectivity index (χ3v) is 5.69. The quantitative estimate of drug-likeness (QED) is 0.367. The number of guanidine groups is 1. The van der Waals surface area contributed by atoms with Crippen LogP contribution < -0.4 is 10.6 Å². The minimum atomic E-state index is 0. The molecule has 1 saturated heterocycles. The van der Waals surface area contributed by atoms with Gasteiger partial charge in [-0.05, 0) is 49.9 Å². The molecular weight excluding hydrogens is 455 g/mol. The second kappa shape index (κ2) is 10.9. The number of benzene rings is 1. The normalized spacial score (nSPS) is 16.2. The van der Waals surface area contributed by atoms with Crippen molar-refractivity contribution in [2.24, 2.45) is 4.99 Å². The van der Waals surface area contributed by atoms with Gasteiger partial charge in [-0.3, -0.25) is 9.89 Å². The lowest BCUT2D eigenvalue weighted by molar-refractivity contribution is 0.249. The number of halogens is 1. The van der Waals surface area contributed by atoms with Gasteiger partial charge < -0.3 is 10.6 Å². The maximum Gasteiger partial charge on any atom is 0.191 e. The van der Waals surface area contributed by atoms with Crippen molar-refractivity contribution in [1.29, 1.82) is 0 Å². The maximum atomic E-state index is 4.38. The smallest absolute Gasteiger partial charge is 0.191 e. The average molecular weight is 484 g/mol. The highest BCUT2D eigenvalue weighted by Crippen LogP contribution is 2.27. The Morgan fingerprint density at radius 3 is 2.50 bits per heavy atom. The Kier molecular flexibility index (Phi) is 8.87. The van der Waals surface area contributed by atoms with Crippen molar-refractivity contribution in [2.45, 2.75) is 32.4 Å². The molecular formula is C20H29IN4S. The van der Waals surface area contributed by atoms with Gasteiger partial charge in [0.1, 0.15) is 0 Å². The summed E-state index contributed by atoms with van der Waals surface area (Å²) < 4.78 is 0. The summed E-state index contributed by atoms with van der Waals surface area (Å²) in [4.78, 5) is 8.40. The Bertz CT molecular complexity index is 664. The number of aliphatic imine (C=N–C) groups is 1. The van der Waals surface area contributed by atoms with Gasteiger partial charge in [-0.1, -0.05) is 35.9 Å². The molecule has 1 aliphatic heterocycles. The molecule has 0 spiro atoms. The molecule has 1 fully saturated rings. The number of thiophene rings is 1. The van der Waals surface area contributed by atoms with E-state index < -0.39 is 0 Å². The molecule has 0 aliphatic carbocycles. The third-order valence-electron chi connectivity index (χ3n) is 4.72. The summed E-state index contributed by atoms with van der Waals surface area (Å²) in [7, 11) is 1.83. The maximum absolute atomic E-state index is 4.38.